The van der Waals surface area contributed by atoms with E-state index in [0.29, 0.717) is 28.8 Å². The Morgan fingerprint density at radius 2 is 1.91 bits per heavy atom. The van der Waals surface area contributed by atoms with E-state index in [1.54, 1.807) is 26.0 Å². The van der Waals surface area contributed by atoms with E-state index < -0.39 is 17.7 Å². The average molecular weight is 490 g/mol. The van der Waals surface area contributed by atoms with Crippen LogP contribution in [-0.4, -0.2) is 28.0 Å². The Morgan fingerprint density at radius 1 is 1.26 bits per heavy atom. The molecule has 0 aliphatic heterocycles. The number of halogens is 3. The number of hydrogen-bond acceptors (Lipinski definition) is 4. The van der Waals surface area contributed by atoms with Crippen LogP contribution in [0.2, 0.25) is 0 Å². The normalized spacial score (nSPS) is 14.9. The van der Waals surface area contributed by atoms with E-state index in [9.17, 15) is 23.1 Å². The Balaban J connectivity index is 3.77. The van der Waals surface area contributed by atoms with Gasteiger partial charge in [-0.15, -0.1) is 0 Å². The monoisotopic (exact) mass is 489 g/mol. The number of carboxylic acids is 1. The van der Waals surface area contributed by atoms with Crippen LogP contribution in [0, 0.1) is 12.8 Å². The number of alkyl halides is 3. The van der Waals surface area contributed by atoms with Gasteiger partial charge in [0.2, 0.25) is 0 Å². The molecule has 0 fully saturated rings. The smallest absolute Gasteiger partial charge is 0.416 e. The molecule has 1 atom stereocenters. The Hall–Kier alpha value is -3.42. The molecule has 0 aromatic heterocycles. The number of carbonyl (C=O) groups is 1. The third kappa shape index (κ3) is 9.03. The first-order chi connectivity index (χ1) is 16.4. The maximum absolute atomic E-state index is 13.4. The molecule has 0 saturated carbocycles. The van der Waals surface area contributed by atoms with E-state index in [0.717, 1.165) is 24.1 Å². The fraction of sp³-hybridized carbons (Fsp3) is 0.370. The van der Waals surface area contributed by atoms with Crippen molar-refractivity contribution in [3.8, 4) is 0 Å². The topological polar surface area (TPSA) is 65.3 Å². The summed E-state index contributed by atoms with van der Waals surface area (Å²) in [4.78, 5) is 16.2. The van der Waals surface area contributed by atoms with Gasteiger partial charge in [-0.25, -0.2) is 9.80 Å². The van der Waals surface area contributed by atoms with Crippen molar-refractivity contribution < 1.29 is 23.1 Å². The van der Waals surface area contributed by atoms with Crippen molar-refractivity contribution in [2.75, 3.05) is 0 Å². The Morgan fingerprint density at radius 3 is 2.40 bits per heavy atom. The number of hydrogen-bond donors (Lipinski definition) is 1. The first-order valence-electron chi connectivity index (χ1n) is 11.4. The molecule has 0 aliphatic carbocycles. The summed E-state index contributed by atoms with van der Waals surface area (Å²) >= 11 is 0. The predicted octanol–water partition coefficient (Wildman–Crippen LogP) is 7.51. The number of carboxylic acid groups (broad SMARTS) is 1. The highest BCUT2D eigenvalue weighted by Crippen LogP contribution is 2.31. The second-order valence-corrected chi connectivity index (χ2v) is 8.13. The summed E-state index contributed by atoms with van der Waals surface area (Å²) in [6.45, 7) is 14.6. The van der Waals surface area contributed by atoms with Gasteiger partial charge in [0.15, 0.2) is 0 Å². The molecule has 1 unspecified atom stereocenters. The SMILES string of the molecule is C=CN(/C=C(/C(=O)O)C(=C/N=C\C)/C=C(\C)CC)/N=C(/c1cc(C)cc(C(F)(F)F)c1)C(C)CC. The van der Waals surface area contributed by atoms with Crippen LogP contribution in [0.3, 0.4) is 0 Å². The van der Waals surface area contributed by atoms with Crippen LogP contribution in [0.15, 0.2) is 76.3 Å². The van der Waals surface area contributed by atoms with Crippen molar-refractivity contribution in [2.24, 2.45) is 16.0 Å². The molecule has 0 radical (unpaired) electrons. The van der Waals surface area contributed by atoms with Crippen molar-refractivity contribution in [3.63, 3.8) is 0 Å². The van der Waals surface area contributed by atoms with E-state index >= 15 is 0 Å². The van der Waals surface area contributed by atoms with Crippen LogP contribution in [-0.2, 0) is 11.0 Å². The second-order valence-electron chi connectivity index (χ2n) is 8.13. The van der Waals surface area contributed by atoms with Crippen molar-refractivity contribution in [1.29, 1.82) is 0 Å². The number of allylic oxidation sites excluding steroid dienone is 2. The van der Waals surface area contributed by atoms with Crippen LogP contribution in [0.5, 0.6) is 0 Å². The largest absolute Gasteiger partial charge is 0.478 e. The van der Waals surface area contributed by atoms with Crippen LogP contribution < -0.4 is 0 Å². The molecule has 1 aromatic carbocycles. The molecule has 0 amide bonds. The second kappa shape index (κ2) is 13.5. The first-order valence-corrected chi connectivity index (χ1v) is 11.4. The molecular formula is C27H34F3N3O2. The fourth-order valence-corrected chi connectivity index (χ4v) is 3.07. The van der Waals surface area contributed by atoms with E-state index in [1.807, 2.05) is 27.7 Å². The summed E-state index contributed by atoms with van der Waals surface area (Å²) in [7, 11) is 0. The van der Waals surface area contributed by atoms with Crippen molar-refractivity contribution >= 4 is 17.9 Å². The maximum Gasteiger partial charge on any atom is 0.416 e. The molecular weight excluding hydrogens is 455 g/mol. The van der Waals surface area contributed by atoms with Crippen molar-refractivity contribution in [1.82, 2.24) is 5.01 Å². The van der Waals surface area contributed by atoms with Gasteiger partial charge in [0.1, 0.15) is 0 Å². The molecule has 1 aromatic rings. The minimum atomic E-state index is -4.50. The van der Waals surface area contributed by atoms with Crippen LogP contribution in [0.25, 0.3) is 0 Å². The molecule has 190 valence electrons. The maximum atomic E-state index is 13.4. The number of rotatable bonds is 11. The minimum Gasteiger partial charge on any atom is -0.478 e. The first kappa shape index (κ1) is 29.6. The Bertz CT molecular complexity index is 1060. The van der Waals surface area contributed by atoms with Gasteiger partial charge in [0.05, 0.1) is 16.8 Å². The summed E-state index contributed by atoms with van der Waals surface area (Å²) in [5, 5.41) is 15.7. The third-order valence-corrected chi connectivity index (χ3v) is 5.31. The molecule has 0 bridgehead atoms. The van der Waals surface area contributed by atoms with Gasteiger partial charge in [0.25, 0.3) is 0 Å². The number of benzene rings is 1. The lowest BCUT2D eigenvalue weighted by atomic mass is 9.93. The summed E-state index contributed by atoms with van der Waals surface area (Å²) < 4.78 is 40.3. The van der Waals surface area contributed by atoms with Crippen LogP contribution >= 0.6 is 0 Å². The molecule has 0 spiro atoms. The summed E-state index contributed by atoms with van der Waals surface area (Å²) in [6, 6.07) is 3.78. The quantitative estimate of drug-likeness (QED) is 0.151. The van der Waals surface area contributed by atoms with E-state index in [2.05, 4.69) is 16.7 Å². The zero-order chi connectivity index (χ0) is 26.8. The van der Waals surface area contributed by atoms with Crippen LogP contribution in [0.4, 0.5) is 13.2 Å². The van der Waals surface area contributed by atoms with Crippen molar-refractivity contribution in [3.05, 3.63) is 82.9 Å². The molecule has 8 heteroatoms. The molecule has 0 saturated heterocycles. The summed E-state index contributed by atoms with van der Waals surface area (Å²) in [6.07, 6.45) is 4.13. The number of hydrazone groups is 1. The van der Waals surface area contributed by atoms with E-state index in [-0.39, 0.29) is 11.5 Å². The number of aliphatic imine (C=N–C) groups is 1. The molecule has 35 heavy (non-hydrogen) atoms. The van der Waals surface area contributed by atoms with Crippen molar-refractivity contribution in [2.45, 2.75) is 60.6 Å². The molecule has 0 heterocycles. The Labute approximate surface area is 205 Å². The van der Waals surface area contributed by atoms with Gasteiger partial charge in [-0.1, -0.05) is 45.1 Å². The Kier molecular flexibility index (Phi) is 11.4. The highest BCUT2D eigenvalue weighted by Gasteiger charge is 2.31. The standard InChI is InChI=1S/C27H34F3N3O2/c1-8-18(5)12-22(16-31-10-3)24(26(34)35)17-33(11-4)32-25(20(7)9-2)21-13-19(6)14-23(15-21)27(28,29)30/h10-17,20H,4,8-9H2,1-3,5-7H3,(H,34,35)/b18-12+,22-16+,24-17+,31-10-,32-25+. The summed E-state index contributed by atoms with van der Waals surface area (Å²) in [5.41, 5.74) is 1.60. The average Bonchev–Trinajstić information content (AvgIpc) is 2.80. The van der Waals surface area contributed by atoms with Crippen LogP contribution in [0.1, 0.15) is 64.2 Å². The molecule has 1 rings (SSSR count). The highest BCUT2D eigenvalue weighted by atomic mass is 19.4. The number of aliphatic carboxylic acids is 1. The number of nitrogens with zero attached hydrogens (tertiary/aromatic N) is 3. The molecule has 0 aliphatic rings. The number of aryl methyl sites for hydroxylation is 1. The molecule has 1 N–H and O–H groups in total. The van der Waals surface area contributed by atoms with Gasteiger partial charge in [-0.2, -0.15) is 18.3 Å². The highest BCUT2D eigenvalue weighted by molar-refractivity contribution is 6.02. The fourth-order valence-electron chi connectivity index (χ4n) is 3.07. The van der Waals surface area contributed by atoms with Gasteiger partial charge < -0.3 is 5.11 Å². The summed E-state index contributed by atoms with van der Waals surface area (Å²) in [5.74, 6) is -1.41. The zero-order valence-electron chi connectivity index (χ0n) is 21.1. The minimum absolute atomic E-state index is 0.0872. The predicted molar refractivity (Wildman–Crippen MR) is 136 cm³/mol. The lowest BCUT2D eigenvalue weighted by Gasteiger charge is -2.20. The zero-order valence-corrected chi connectivity index (χ0v) is 21.1. The van der Waals surface area contributed by atoms with Gasteiger partial charge in [0, 0.05) is 36.3 Å². The molecule has 5 nitrogen and oxygen atoms in total. The lowest BCUT2D eigenvalue weighted by molar-refractivity contribution is -0.137. The van der Waals surface area contributed by atoms with E-state index in [1.165, 1.54) is 29.8 Å². The van der Waals surface area contributed by atoms with E-state index in [4.69, 9.17) is 0 Å². The van der Waals surface area contributed by atoms with Gasteiger partial charge in [-0.3, -0.25) is 4.99 Å². The lowest BCUT2D eigenvalue weighted by Crippen LogP contribution is -2.19. The third-order valence-electron chi connectivity index (χ3n) is 5.31. The van der Waals surface area contributed by atoms with Gasteiger partial charge >= 0.3 is 12.1 Å². The van der Waals surface area contributed by atoms with Gasteiger partial charge in [-0.05, 0) is 56.9 Å².